The van der Waals surface area contributed by atoms with Gasteiger partial charge in [0.15, 0.2) is 5.60 Å². The summed E-state index contributed by atoms with van der Waals surface area (Å²) in [6.07, 6.45) is -2.35. The second-order valence-electron chi connectivity index (χ2n) is 6.63. The Kier molecular flexibility index (Phi) is 2.99. The van der Waals surface area contributed by atoms with Crippen molar-refractivity contribution in [1.29, 1.82) is 0 Å². The predicted octanol–water partition coefficient (Wildman–Crippen LogP) is 1.91. The third kappa shape index (κ3) is 2.09. The number of esters is 1. The molecular formula is C14H17F3O4. The molecule has 0 aliphatic heterocycles. The first-order valence-electron chi connectivity index (χ1n) is 6.99. The molecule has 0 amide bonds. The quantitative estimate of drug-likeness (QED) is 0.464. The van der Waals surface area contributed by atoms with E-state index in [4.69, 9.17) is 4.74 Å². The number of alkyl halides is 3. The van der Waals surface area contributed by atoms with E-state index in [0.29, 0.717) is 12.8 Å². The summed E-state index contributed by atoms with van der Waals surface area (Å²) in [6, 6.07) is 0. The van der Waals surface area contributed by atoms with E-state index in [-0.39, 0.29) is 24.7 Å². The lowest BCUT2D eigenvalue weighted by Crippen LogP contribution is -2.70. The highest BCUT2D eigenvalue weighted by atomic mass is 19.4. The Labute approximate surface area is 119 Å². The largest absolute Gasteiger partial charge is 0.450 e. The molecule has 2 unspecified atom stereocenters. The Morgan fingerprint density at radius 3 is 2.14 bits per heavy atom. The fourth-order valence-corrected chi connectivity index (χ4v) is 4.43. The monoisotopic (exact) mass is 306 g/mol. The van der Waals surface area contributed by atoms with Crippen LogP contribution in [-0.4, -0.2) is 33.7 Å². The van der Waals surface area contributed by atoms with Gasteiger partial charge >= 0.3 is 12.1 Å². The molecule has 2 N–H and O–H groups in total. The number of hydrogen-bond acceptors (Lipinski definition) is 4. The van der Waals surface area contributed by atoms with Crippen LogP contribution in [0.2, 0.25) is 0 Å². The van der Waals surface area contributed by atoms with Gasteiger partial charge in [-0.15, -0.1) is 0 Å². The molecule has 0 aromatic heterocycles. The van der Waals surface area contributed by atoms with Crippen LogP contribution in [0.3, 0.4) is 0 Å². The molecule has 7 heteroatoms. The van der Waals surface area contributed by atoms with Crippen LogP contribution < -0.4 is 0 Å². The molecule has 2 atom stereocenters. The lowest BCUT2D eigenvalue weighted by atomic mass is 9.51. The van der Waals surface area contributed by atoms with E-state index >= 15 is 0 Å². The number of carbonyl (C=O) groups excluding carboxylic acids is 1. The molecule has 4 aliphatic carbocycles. The highest BCUT2D eigenvalue weighted by Crippen LogP contribution is 2.61. The van der Waals surface area contributed by atoms with Crippen molar-refractivity contribution in [2.24, 2.45) is 17.8 Å². The number of carbonyl (C=O) groups is 1. The first kappa shape index (κ1) is 14.8. The maximum Gasteiger partial charge on any atom is 0.422 e. The SMILES string of the molecule is C=C(C(=O)OC12CC3CC(CC(C3)C1(O)O)C2)C(F)(F)F. The van der Waals surface area contributed by atoms with E-state index in [1.165, 1.54) is 0 Å². The van der Waals surface area contributed by atoms with Gasteiger partial charge in [0, 0.05) is 5.92 Å². The van der Waals surface area contributed by atoms with Crippen molar-refractivity contribution in [2.75, 3.05) is 0 Å². The topological polar surface area (TPSA) is 66.8 Å². The summed E-state index contributed by atoms with van der Waals surface area (Å²) < 4.78 is 42.6. The molecule has 0 radical (unpaired) electrons. The molecule has 0 aromatic carbocycles. The summed E-state index contributed by atoms with van der Waals surface area (Å²) in [4.78, 5) is 11.7. The van der Waals surface area contributed by atoms with Gasteiger partial charge in [0.2, 0.25) is 5.79 Å². The molecule has 4 nitrogen and oxygen atoms in total. The van der Waals surface area contributed by atoms with E-state index < -0.39 is 35.0 Å². The van der Waals surface area contributed by atoms with Crippen LogP contribution in [0, 0.1) is 17.8 Å². The third-order valence-electron chi connectivity index (χ3n) is 5.26. The number of aliphatic hydroxyl groups is 2. The molecule has 0 spiro atoms. The zero-order valence-electron chi connectivity index (χ0n) is 11.3. The molecule has 4 aliphatic rings. The van der Waals surface area contributed by atoms with Crippen molar-refractivity contribution in [3.63, 3.8) is 0 Å². The first-order valence-corrected chi connectivity index (χ1v) is 6.99. The van der Waals surface area contributed by atoms with Crippen molar-refractivity contribution in [1.82, 2.24) is 0 Å². The predicted molar refractivity (Wildman–Crippen MR) is 64.7 cm³/mol. The van der Waals surface area contributed by atoms with E-state index in [0.717, 1.165) is 6.42 Å². The van der Waals surface area contributed by atoms with Crippen LogP contribution in [0.15, 0.2) is 12.2 Å². The van der Waals surface area contributed by atoms with Crippen molar-refractivity contribution >= 4 is 5.97 Å². The summed E-state index contributed by atoms with van der Waals surface area (Å²) in [5, 5.41) is 20.7. The maximum atomic E-state index is 12.5. The van der Waals surface area contributed by atoms with E-state index in [2.05, 4.69) is 6.58 Å². The molecule has 4 rings (SSSR count). The van der Waals surface area contributed by atoms with Gasteiger partial charge in [-0.25, -0.2) is 4.79 Å². The second kappa shape index (κ2) is 4.23. The summed E-state index contributed by atoms with van der Waals surface area (Å²) in [7, 11) is 0. The average molecular weight is 306 g/mol. The normalized spacial score (nSPS) is 40.1. The van der Waals surface area contributed by atoms with E-state index in [1.807, 2.05) is 0 Å². The molecule has 0 heterocycles. The lowest BCUT2D eigenvalue weighted by Gasteiger charge is -2.61. The first-order chi connectivity index (χ1) is 9.55. The third-order valence-corrected chi connectivity index (χ3v) is 5.26. The highest BCUT2D eigenvalue weighted by molar-refractivity contribution is 5.89. The second-order valence-corrected chi connectivity index (χ2v) is 6.63. The van der Waals surface area contributed by atoms with Crippen LogP contribution in [0.25, 0.3) is 0 Å². The lowest BCUT2D eigenvalue weighted by molar-refractivity contribution is -0.359. The molecule has 21 heavy (non-hydrogen) atoms. The minimum Gasteiger partial charge on any atom is -0.450 e. The van der Waals surface area contributed by atoms with Crippen LogP contribution in [-0.2, 0) is 9.53 Å². The minimum atomic E-state index is -4.88. The molecule has 4 saturated carbocycles. The Morgan fingerprint density at radius 1 is 1.14 bits per heavy atom. The molecule has 0 aromatic rings. The van der Waals surface area contributed by atoms with Crippen molar-refractivity contribution in [3.05, 3.63) is 12.2 Å². The van der Waals surface area contributed by atoms with Crippen molar-refractivity contribution in [3.8, 4) is 0 Å². The van der Waals surface area contributed by atoms with E-state index in [9.17, 15) is 28.2 Å². The molecule has 4 bridgehead atoms. The fraction of sp³-hybridized carbons (Fsp3) is 0.786. The van der Waals surface area contributed by atoms with Gasteiger partial charge < -0.3 is 14.9 Å². The number of halogens is 3. The molecule has 0 saturated heterocycles. The van der Waals surface area contributed by atoms with Gasteiger partial charge in [-0.1, -0.05) is 6.58 Å². The number of ether oxygens (including phenoxy) is 1. The zero-order valence-corrected chi connectivity index (χ0v) is 11.3. The minimum absolute atomic E-state index is 0.168. The van der Waals surface area contributed by atoms with Gasteiger partial charge in [0.05, 0.1) is 0 Å². The number of hydrogen-bond donors (Lipinski definition) is 2. The van der Waals surface area contributed by atoms with Gasteiger partial charge in [-0.2, -0.15) is 13.2 Å². The summed E-state index contributed by atoms with van der Waals surface area (Å²) in [5.74, 6) is -3.99. The smallest absolute Gasteiger partial charge is 0.422 e. The molecular weight excluding hydrogens is 289 g/mol. The average Bonchev–Trinajstić information content (AvgIpc) is 2.33. The summed E-state index contributed by atoms with van der Waals surface area (Å²) >= 11 is 0. The zero-order chi connectivity index (χ0) is 15.6. The maximum absolute atomic E-state index is 12.5. The standard InChI is InChI=1S/C14H17F3O4/c1-7(14(15,16)17)11(18)21-12-5-8-2-9(6-12)4-10(3-8)13(12,19)20/h8-10,19-20H,1-6H2. The van der Waals surface area contributed by atoms with Gasteiger partial charge in [0.1, 0.15) is 5.57 Å². The Hall–Kier alpha value is -1.08. The summed E-state index contributed by atoms with van der Waals surface area (Å²) in [5.41, 5.74) is -3.25. The van der Waals surface area contributed by atoms with E-state index in [1.54, 1.807) is 0 Å². The van der Waals surface area contributed by atoms with Gasteiger partial charge in [-0.3, -0.25) is 0 Å². The molecule has 4 fully saturated rings. The van der Waals surface area contributed by atoms with Gasteiger partial charge in [-0.05, 0) is 43.9 Å². The van der Waals surface area contributed by atoms with Crippen molar-refractivity contribution < 1.29 is 32.9 Å². The van der Waals surface area contributed by atoms with Crippen LogP contribution in [0.5, 0.6) is 0 Å². The van der Waals surface area contributed by atoms with Crippen LogP contribution in [0.1, 0.15) is 32.1 Å². The van der Waals surface area contributed by atoms with Crippen LogP contribution >= 0.6 is 0 Å². The highest BCUT2D eigenvalue weighted by Gasteiger charge is 2.67. The van der Waals surface area contributed by atoms with Crippen LogP contribution in [0.4, 0.5) is 13.2 Å². The summed E-state index contributed by atoms with van der Waals surface area (Å²) in [6.45, 7) is 2.71. The Balaban J connectivity index is 1.86. The fourth-order valence-electron chi connectivity index (χ4n) is 4.43. The Bertz CT molecular complexity index is 483. The van der Waals surface area contributed by atoms with Gasteiger partial charge in [0.25, 0.3) is 0 Å². The Morgan fingerprint density at radius 2 is 1.67 bits per heavy atom. The number of rotatable bonds is 2. The van der Waals surface area contributed by atoms with Crippen molar-refractivity contribution in [2.45, 2.75) is 49.7 Å². The molecule has 118 valence electrons.